The van der Waals surface area contributed by atoms with E-state index >= 15 is 35.1 Å². The topological polar surface area (TPSA) is 30.2 Å². The van der Waals surface area contributed by atoms with Crippen LogP contribution in [0.5, 0.6) is 5.88 Å². The summed E-state index contributed by atoms with van der Waals surface area (Å²) in [7, 11) is 0. The van der Waals surface area contributed by atoms with Crippen LogP contribution in [-0.4, -0.2) is 18.0 Å². The lowest BCUT2D eigenvalue weighted by atomic mass is 9.12. The Hall–Kier alpha value is -6.85. The van der Waals surface area contributed by atoms with Crippen molar-refractivity contribution in [3.63, 3.8) is 0 Å². The van der Waals surface area contributed by atoms with Crippen molar-refractivity contribution in [1.29, 1.82) is 0 Å². The van der Waals surface area contributed by atoms with Gasteiger partial charge in [-0.15, -0.1) is 21.9 Å². The van der Waals surface area contributed by atoms with Gasteiger partial charge in [0.05, 0.1) is 6.07 Å². The number of rotatable bonds is 9. The molecule has 0 radical (unpaired) electrons. The summed E-state index contributed by atoms with van der Waals surface area (Å²) in [6.07, 6.45) is -7.22. The van der Waals surface area contributed by atoms with E-state index in [2.05, 4.69) is 0 Å². The molecule has 1 heterocycles. The van der Waals surface area contributed by atoms with Crippen LogP contribution in [0.15, 0.2) is 66.7 Å². The summed E-state index contributed by atoms with van der Waals surface area (Å²) in [5.41, 5.74) is -12.7. The number of hydrogen-bond acceptors (Lipinski definition) is 2. The molecule has 0 aliphatic heterocycles. The third kappa shape index (κ3) is 7.92. The van der Waals surface area contributed by atoms with E-state index < -0.39 is 144 Å². The van der Waals surface area contributed by atoms with Crippen LogP contribution in [0.4, 0.5) is 87.8 Å². The third-order valence-electron chi connectivity index (χ3n) is 10.2. The van der Waals surface area contributed by atoms with Gasteiger partial charge in [0.25, 0.3) is 0 Å². The number of para-hydroxylation sites is 1. The number of fused-ring (bicyclic) bond motifs is 1. The van der Waals surface area contributed by atoms with Crippen LogP contribution in [0.1, 0.15) is 10.4 Å². The highest BCUT2D eigenvalue weighted by Gasteiger charge is 2.52. The zero-order valence-corrected chi connectivity index (χ0v) is 32.8. The molecule has 0 fully saturated rings. The molecule has 0 atom stereocenters. The number of ketones is 1. The van der Waals surface area contributed by atoms with Crippen LogP contribution in [0.25, 0.3) is 10.9 Å². The number of carbonyl (C=O) groups excluding carboxylic acids is 1. The van der Waals surface area contributed by atoms with Gasteiger partial charge in [0.1, 0.15) is 52.7 Å². The molecule has 7 aromatic rings. The van der Waals surface area contributed by atoms with E-state index in [9.17, 15) is 57.5 Å². The first-order chi connectivity index (χ1) is 31.5. The van der Waals surface area contributed by atoms with E-state index in [1.165, 1.54) is 0 Å². The summed E-state index contributed by atoms with van der Waals surface area (Å²) in [6.45, 7) is 0.206. The Morgan fingerprint density at radius 2 is 0.701 bits per heavy atom. The monoisotopic (exact) mass is 991 g/mol. The number of alkyl halides is 1. The van der Waals surface area contributed by atoms with Crippen molar-refractivity contribution in [1.82, 2.24) is 0 Å². The number of nitrogens with zero attached hydrogens (tertiary/aromatic N) is 1. The first kappa shape index (κ1) is 49.6. The summed E-state index contributed by atoms with van der Waals surface area (Å²) in [5, 5.41) is 1.05. The Morgan fingerprint density at radius 1 is 0.403 bits per heavy atom. The molecule has 0 saturated carbocycles. The highest BCUT2D eigenvalue weighted by atomic mass is 35.5. The third-order valence-corrected chi connectivity index (χ3v) is 10.3. The molecule has 0 bridgehead atoms. The summed E-state index contributed by atoms with van der Waals surface area (Å²) >= 11 is 5.69. The van der Waals surface area contributed by atoms with Gasteiger partial charge < -0.3 is 4.74 Å². The maximum Gasteiger partial charge on any atom is 0.369 e. The minimum absolute atomic E-state index is 0.0291. The Kier molecular flexibility index (Phi) is 13.9. The first-order valence-corrected chi connectivity index (χ1v) is 18.4. The van der Waals surface area contributed by atoms with E-state index in [1.54, 1.807) is 0 Å². The number of ether oxygens (including phenoxy) is 1. The van der Waals surface area contributed by atoms with Gasteiger partial charge in [0.15, 0.2) is 75.9 Å². The molecule has 6 aromatic carbocycles. The fourth-order valence-corrected chi connectivity index (χ4v) is 7.43. The highest BCUT2D eigenvalue weighted by Crippen LogP contribution is 2.31. The van der Waals surface area contributed by atoms with E-state index in [4.69, 9.17) is 16.3 Å². The molecule has 350 valence electrons. The van der Waals surface area contributed by atoms with E-state index in [-0.39, 0.29) is 18.4 Å². The SMILES string of the molecule is Fc1c(F)c(F)c([B-](c2c(F)c(F)c(F)c(F)c2F)(c2c(F)c(F)c(F)c(F)c2F)c2c(F)c(F)c(F)c(F)c2F)c(F)c1F.O=C(C[n+]1c(OCCl)ccc2ccccc21)c1ccccc1. The van der Waals surface area contributed by atoms with Gasteiger partial charge >= 0.3 is 5.88 Å². The molecule has 0 spiro atoms. The Balaban J connectivity index is 0.000000279. The van der Waals surface area contributed by atoms with Crippen LogP contribution in [0.2, 0.25) is 0 Å². The number of benzene rings is 6. The predicted molar refractivity (Wildman–Crippen MR) is 195 cm³/mol. The van der Waals surface area contributed by atoms with Gasteiger partial charge in [0, 0.05) is 17.0 Å². The van der Waals surface area contributed by atoms with Crippen LogP contribution in [0, 0.1) is 116 Å². The van der Waals surface area contributed by atoms with Gasteiger partial charge in [-0.3, -0.25) is 4.79 Å². The molecule has 25 heteroatoms. The fraction of sp³-hybridized carbons (Fsp3) is 0.0476. The smallest absolute Gasteiger partial charge is 0.369 e. The van der Waals surface area contributed by atoms with Crippen LogP contribution >= 0.6 is 11.6 Å². The number of Topliss-reactive ketones (excluding diaryl/α,β-unsaturated/α-hetero) is 1. The summed E-state index contributed by atoms with van der Waals surface area (Å²) in [4.78, 5) is 12.5. The van der Waals surface area contributed by atoms with Crippen molar-refractivity contribution < 1.29 is 102 Å². The minimum Gasteiger partial charge on any atom is -0.428 e. The van der Waals surface area contributed by atoms with Crippen molar-refractivity contribution in [3.8, 4) is 5.88 Å². The number of halogens is 21. The first-order valence-electron chi connectivity index (χ1n) is 17.9. The maximum absolute atomic E-state index is 15.4. The molecule has 0 aliphatic rings. The van der Waals surface area contributed by atoms with Crippen LogP contribution < -0.4 is 31.2 Å². The van der Waals surface area contributed by atoms with Gasteiger partial charge in [0.2, 0.25) is 17.8 Å². The Labute approximate surface area is 364 Å². The van der Waals surface area contributed by atoms with Crippen molar-refractivity contribution in [2.24, 2.45) is 0 Å². The molecular formula is C42H15BClF20NO2. The standard InChI is InChI=1S/C24BF20.C18H15ClNO2/c26-5-1(6(27)14(35)21(42)13(5)34)25(2-7(28)15(36)22(43)16(37)8(2)29,3-9(30)17(38)23(44)18(39)10(3)31)4-11(32)19(40)24(45)20(41)12(4)33;19-13-22-18-11-10-14-6-4-5-9-16(14)20(18)12-17(21)15-7-2-1-3-8-15/h;1-11H,12-13H2/q-1;+1. The average Bonchev–Trinajstić information content (AvgIpc) is 3.32. The van der Waals surface area contributed by atoms with Crippen LogP contribution in [-0.2, 0) is 6.54 Å². The number of carbonyl (C=O) groups is 1. The fourth-order valence-electron chi connectivity index (χ4n) is 7.32. The highest BCUT2D eigenvalue weighted by molar-refractivity contribution is 7.20. The lowest BCUT2D eigenvalue weighted by Gasteiger charge is -2.44. The second-order valence-electron chi connectivity index (χ2n) is 13.7. The van der Waals surface area contributed by atoms with Crippen molar-refractivity contribution in [3.05, 3.63) is 189 Å². The summed E-state index contributed by atoms with van der Waals surface area (Å²) in [5.74, 6) is -70.8. The van der Waals surface area contributed by atoms with E-state index in [0.717, 1.165) is 10.9 Å². The molecule has 0 aliphatic carbocycles. The zero-order chi connectivity index (χ0) is 49.7. The lowest BCUT2D eigenvalue weighted by Crippen LogP contribution is -2.81. The molecule has 0 unspecified atom stereocenters. The predicted octanol–water partition coefficient (Wildman–Crippen LogP) is 9.43. The second-order valence-corrected chi connectivity index (χ2v) is 13.9. The zero-order valence-electron chi connectivity index (χ0n) is 32.0. The van der Waals surface area contributed by atoms with Crippen molar-refractivity contribution >= 4 is 56.3 Å². The number of hydrogen-bond donors (Lipinski definition) is 0. The van der Waals surface area contributed by atoms with E-state index in [1.807, 2.05) is 71.3 Å². The van der Waals surface area contributed by atoms with E-state index in [0.29, 0.717) is 11.4 Å². The normalized spacial score (nSPS) is 11.5. The van der Waals surface area contributed by atoms with Gasteiger partial charge in [-0.25, -0.2) is 87.8 Å². The van der Waals surface area contributed by atoms with Gasteiger partial charge in [-0.05, 0) is 12.1 Å². The van der Waals surface area contributed by atoms with Crippen molar-refractivity contribution in [2.75, 3.05) is 6.07 Å². The number of pyridine rings is 1. The molecule has 7 rings (SSSR count). The molecule has 67 heavy (non-hydrogen) atoms. The summed E-state index contributed by atoms with van der Waals surface area (Å²) < 4.78 is 301. The molecule has 0 amide bonds. The van der Waals surface area contributed by atoms with Crippen LogP contribution in [0.3, 0.4) is 0 Å². The maximum atomic E-state index is 15.4. The molecular weight excluding hydrogens is 977 g/mol. The minimum atomic E-state index is -7.22. The van der Waals surface area contributed by atoms with Gasteiger partial charge in [-0.1, -0.05) is 54.1 Å². The molecule has 0 saturated heterocycles. The quantitative estimate of drug-likeness (QED) is 0.0275. The summed E-state index contributed by atoms with van der Waals surface area (Å²) in [6, 6.07) is 21.0. The molecule has 3 nitrogen and oxygen atoms in total. The molecule has 0 N–H and O–H groups in total. The Bertz CT molecular complexity index is 2780. The molecule has 1 aromatic heterocycles. The van der Waals surface area contributed by atoms with Gasteiger partial charge in [-0.2, -0.15) is 4.57 Å². The largest absolute Gasteiger partial charge is 0.428 e. The number of aromatic nitrogens is 1. The second kappa shape index (κ2) is 18.8. The lowest BCUT2D eigenvalue weighted by molar-refractivity contribution is -0.662. The van der Waals surface area contributed by atoms with Crippen molar-refractivity contribution in [2.45, 2.75) is 6.54 Å². The Morgan fingerprint density at radius 3 is 1.03 bits per heavy atom. The average molecular weight is 992 g/mol.